The van der Waals surface area contributed by atoms with Crippen molar-refractivity contribution in [1.29, 1.82) is 0 Å². The molecule has 102 valence electrons. The molecule has 2 heterocycles. The second-order valence-electron chi connectivity index (χ2n) is 5.48. The zero-order valence-electron chi connectivity index (χ0n) is 12.0. The van der Waals surface area contributed by atoms with E-state index in [-0.39, 0.29) is 0 Å². The van der Waals surface area contributed by atoms with Crippen molar-refractivity contribution >= 4 is 0 Å². The third-order valence-corrected chi connectivity index (χ3v) is 3.96. The van der Waals surface area contributed by atoms with Crippen LogP contribution in [0.3, 0.4) is 0 Å². The molecule has 1 saturated heterocycles. The van der Waals surface area contributed by atoms with Crippen LogP contribution >= 0.6 is 0 Å². The summed E-state index contributed by atoms with van der Waals surface area (Å²) in [6.45, 7) is 11.7. The van der Waals surface area contributed by atoms with Gasteiger partial charge in [-0.25, -0.2) is 0 Å². The molecule has 18 heavy (non-hydrogen) atoms. The molecule has 1 aliphatic heterocycles. The Labute approximate surface area is 110 Å². The lowest BCUT2D eigenvalue weighted by molar-refractivity contribution is 0.128. The summed E-state index contributed by atoms with van der Waals surface area (Å²) >= 11 is 0. The Morgan fingerprint density at radius 1 is 1.44 bits per heavy atom. The Bertz CT molecular complexity index is 369. The van der Waals surface area contributed by atoms with E-state index in [1.54, 1.807) is 0 Å². The summed E-state index contributed by atoms with van der Waals surface area (Å²) < 4.78 is 5.25. The highest BCUT2D eigenvalue weighted by Crippen LogP contribution is 2.19. The average molecular weight is 251 g/mol. The van der Waals surface area contributed by atoms with Gasteiger partial charge >= 0.3 is 0 Å². The van der Waals surface area contributed by atoms with Gasteiger partial charge < -0.3 is 9.84 Å². The van der Waals surface area contributed by atoms with Gasteiger partial charge in [0.05, 0.1) is 5.69 Å². The molecule has 2 atom stereocenters. The van der Waals surface area contributed by atoms with Crippen LogP contribution in [0, 0.1) is 13.8 Å². The van der Waals surface area contributed by atoms with Crippen LogP contribution in [0.15, 0.2) is 4.52 Å². The van der Waals surface area contributed by atoms with Crippen LogP contribution in [-0.4, -0.2) is 35.2 Å². The smallest absolute Gasteiger partial charge is 0.138 e. The minimum Gasteiger partial charge on any atom is -0.361 e. The molecule has 1 aliphatic rings. The van der Waals surface area contributed by atoms with Crippen molar-refractivity contribution in [2.24, 2.45) is 0 Å². The van der Waals surface area contributed by atoms with E-state index < -0.39 is 0 Å². The number of aryl methyl sites for hydroxylation is 2. The van der Waals surface area contributed by atoms with Gasteiger partial charge in [0.25, 0.3) is 0 Å². The second kappa shape index (κ2) is 5.85. The highest BCUT2D eigenvalue weighted by molar-refractivity contribution is 5.20. The van der Waals surface area contributed by atoms with E-state index in [0.717, 1.165) is 31.1 Å². The van der Waals surface area contributed by atoms with Crippen molar-refractivity contribution in [3.63, 3.8) is 0 Å². The number of aromatic nitrogens is 1. The van der Waals surface area contributed by atoms with Crippen molar-refractivity contribution in [3.8, 4) is 0 Å². The van der Waals surface area contributed by atoms with Crippen LogP contribution in [0.1, 0.15) is 43.7 Å². The fraction of sp³-hybridized carbons (Fsp3) is 0.786. The van der Waals surface area contributed by atoms with Crippen molar-refractivity contribution < 1.29 is 4.52 Å². The Morgan fingerprint density at radius 2 is 2.22 bits per heavy atom. The Kier molecular flexibility index (Phi) is 4.40. The fourth-order valence-electron chi connectivity index (χ4n) is 2.69. The van der Waals surface area contributed by atoms with Crippen molar-refractivity contribution in [1.82, 2.24) is 15.4 Å². The van der Waals surface area contributed by atoms with E-state index in [0.29, 0.717) is 12.1 Å². The SMILES string of the molecule is CCCC1CN(Cc2c(C)noc2C)C(C)CN1. The van der Waals surface area contributed by atoms with Crippen LogP contribution in [0.5, 0.6) is 0 Å². The molecule has 0 radical (unpaired) electrons. The highest BCUT2D eigenvalue weighted by Gasteiger charge is 2.25. The molecule has 1 fully saturated rings. The van der Waals surface area contributed by atoms with Gasteiger partial charge in [-0.1, -0.05) is 18.5 Å². The predicted octanol–water partition coefficient (Wildman–Crippen LogP) is 2.25. The fourth-order valence-corrected chi connectivity index (χ4v) is 2.69. The summed E-state index contributed by atoms with van der Waals surface area (Å²) in [4.78, 5) is 2.54. The first-order valence-corrected chi connectivity index (χ1v) is 7.01. The average Bonchev–Trinajstić information content (AvgIpc) is 2.65. The molecule has 0 spiro atoms. The number of hydrogen-bond donors (Lipinski definition) is 1. The lowest BCUT2D eigenvalue weighted by atomic mass is 10.0. The molecule has 0 saturated carbocycles. The zero-order valence-corrected chi connectivity index (χ0v) is 12.0. The number of nitrogens with zero attached hydrogens (tertiary/aromatic N) is 2. The minimum absolute atomic E-state index is 0.576. The van der Waals surface area contributed by atoms with Crippen LogP contribution in [0.2, 0.25) is 0 Å². The molecule has 4 nitrogen and oxygen atoms in total. The van der Waals surface area contributed by atoms with Gasteiger partial charge in [-0.2, -0.15) is 0 Å². The number of hydrogen-bond acceptors (Lipinski definition) is 4. The Balaban J connectivity index is 2.02. The largest absolute Gasteiger partial charge is 0.361 e. The maximum atomic E-state index is 5.25. The second-order valence-corrected chi connectivity index (χ2v) is 5.48. The van der Waals surface area contributed by atoms with Gasteiger partial charge in [-0.15, -0.1) is 0 Å². The van der Waals surface area contributed by atoms with E-state index >= 15 is 0 Å². The lowest BCUT2D eigenvalue weighted by Crippen LogP contribution is -2.54. The first-order chi connectivity index (χ1) is 8.61. The molecule has 1 N–H and O–H groups in total. The molecule has 0 aliphatic carbocycles. The lowest BCUT2D eigenvalue weighted by Gasteiger charge is -2.38. The summed E-state index contributed by atoms with van der Waals surface area (Å²) in [6, 6.07) is 1.21. The third kappa shape index (κ3) is 2.93. The standard InChI is InChI=1S/C14H25N3O/c1-5-6-13-8-17(10(2)7-15-13)9-14-11(3)16-18-12(14)4/h10,13,15H,5-9H2,1-4H3. The van der Waals surface area contributed by atoms with Crippen LogP contribution < -0.4 is 5.32 Å². The molecule has 1 aromatic rings. The van der Waals surface area contributed by atoms with Crippen molar-refractivity contribution in [2.45, 2.75) is 59.2 Å². The topological polar surface area (TPSA) is 41.3 Å². The molecule has 0 bridgehead atoms. The maximum absolute atomic E-state index is 5.25. The van der Waals surface area contributed by atoms with Crippen molar-refractivity contribution in [2.75, 3.05) is 13.1 Å². The molecule has 2 unspecified atom stereocenters. The van der Waals surface area contributed by atoms with E-state index in [2.05, 4.69) is 29.2 Å². The van der Waals surface area contributed by atoms with E-state index in [4.69, 9.17) is 4.52 Å². The molecular formula is C14H25N3O. The van der Waals surface area contributed by atoms with E-state index in [1.165, 1.54) is 18.4 Å². The number of piperazine rings is 1. The van der Waals surface area contributed by atoms with Gasteiger partial charge in [0.2, 0.25) is 0 Å². The maximum Gasteiger partial charge on any atom is 0.138 e. The minimum atomic E-state index is 0.576. The van der Waals surface area contributed by atoms with Gasteiger partial charge in [-0.3, -0.25) is 4.90 Å². The summed E-state index contributed by atoms with van der Waals surface area (Å²) in [6.07, 6.45) is 2.50. The van der Waals surface area contributed by atoms with E-state index in [1.807, 2.05) is 13.8 Å². The Morgan fingerprint density at radius 3 is 2.83 bits per heavy atom. The monoisotopic (exact) mass is 251 g/mol. The third-order valence-electron chi connectivity index (χ3n) is 3.96. The molecule has 0 aromatic carbocycles. The summed E-state index contributed by atoms with van der Waals surface area (Å²) in [5, 5.41) is 7.67. The van der Waals surface area contributed by atoms with Crippen molar-refractivity contribution in [3.05, 3.63) is 17.0 Å². The first-order valence-electron chi connectivity index (χ1n) is 7.01. The molecule has 0 amide bonds. The van der Waals surface area contributed by atoms with Crippen LogP contribution in [0.25, 0.3) is 0 Å². The normalized spacial score (nSPS) is 25.6. The summed E-state index contributed by atoms with van der Waals surface area (Å²) in [5.41, 5.74) is 2.30. The summed E-state index contributed by atoms with van der Waals surface area (Å²) in [7, 11) is 0. The van der Waals surface area contributed by atoms with E-state index in [9.17, 15) is 0 Å². The molecule has 1 aromatic heterocycles. The summed E-state index contributed by atoms with van der Waals surface area (Å²) in [5.74, 6) is 0.963. The highest BCUT2D eigenvalue weighted by atomic mass is 16.5. The van der Waals surface area contributed by atoms with Gasteiger partial charge in [-0.05, 0) is 27.2 Å². The van der Waals surface area contributed by atoms with Gasteiger partial charge in [0.15, 0.2) is 0 Å². The van der Waals surface area contributed by atoms with Crippen LogP contribution in [-0.2, 0) is 6.54 Å². The molecule has 4 heteroatoms. The van der Waals surface area contributed by atoms with Gasteiger partial charge in [0.1, 0.15) is 5.76 Å². The Hall–Kier alpha value is -0.870. The first kappa shape index (κ1) is 13.6. The number of nitrogens with one attached hydrogen (secondary N) is 1. The quantitative estimate of drug-likeness (QED) is 0.891. The zero-order chi connectivity index (χ0) is 13.1. The van der Waals surface area contributed by atoms with Crippen LogP contribution in [0.4, 0.5) is 0 Å². The molecule has 2 rings (SSSR count). The predicted molar refractivity (Wildman–Crippen MR) is 72.5 cm³/mol. The number of rotatable bonds is 4. The molecular weight excluding hydrogens is 226 g/mol. The van der Waals surface area contributed by atoms with Gasteiger partial charge in [0, 0.05) is 37.3 Å².